The molecule has 1 fully saturated rings. The minimum atomic E-state index is -0.0460. The van der Waals surface area contributed by atoms with E-state index in [-0.39, 0.29) is 28.5 Å². The smallest absolute Gasteiger partial charge is 0.252 e. The summed E-state index contributed by atoms with van der Waals surface area (Å²) in [7, 11) is 0. The van der Waals surface area contributed by atoms with Gasteiger partial charge in [0.1, 0.15) is 0 Å². The van der Waals surface area contributed by atoms with Gasteiger partial charge in [-0.3, -0.25) is 0 Å². The molecule has 2 bridgehead atoms. The number of para-hydroxylation sites is 2. The van der Waals surface area contributed by atoms with E-state index >= 15 is 0 Å². The summed E-state index contributed by atoms with van der Waals surface area (Å²) < 4.78 is 0. The largest absolute Gasteiger partial charge is 0.333 e. The molecule has 0 N–H and O–H groups in total. The first-order chi connectivity index (χ1) is 27.3. The van der Waals surface area contributed by atoms with Crippen LogP contribution in [0.2, 0.25) is 0 Å². The van der Waals surface area contributed by atoms with Gasteiger partial charge < -0.3 is 14.7 Å². The molecule has 6 aromatic rings. The summed E-state index contributed by atoms with van der Waals surface area (Å²) in [5, 5.41) is 0. The Morgan fingerprint density at radius 2 is 1.12 bits per heavy atom. The van der Waals surface area contributed by atoms with Crippen LogP contribution in [0.4, 0.5) is 45.5 Å². The van der Waals surface area contributed by atoms with Crippen LogP contribution in [0.3, 0.4) is 0 Å². The lowest BCUT2D eigenvalue weighted by Crippen LogP contribution is -2.61. The van der Waals surface area contributed by atoms with Crippen LogP contribution in [0.1, 0.15) is 97.8 Å². The molecule has 5 heteroatoms. The monoisotopic (exact) mass is 761 g/mol. The molecule has 2 atom stereocenters. The maximum Gasteiger partial charge on any atom is 0.252 e. The molecule has 0 amide bonds. The van der Waals surface area contributed by atoms with Crippen LogP contribution in [-0.4, -0.2) is 12.3 Å². The summed E-state index contributed by atoms with van der Waals surface area (Å²) in [6.07, 6.45) is 4.90. The second kappa shape index (κ2) is 11.9. The molecular weight excluding hydrogens is 709 g/mol. The Morgan fingerprint density at radius 1 is 0.526 bits per heavy atom. The predicted molar refractivity (Wildman–Crippen MR) is 245 cm³/mol. The van der Waals surface area contributed by atoms with Gasteiger partial charge in [0.2, 0.25) is 0 Å². The van der Waals surface area contributed by atoms with Crippen molar-refractivity contribution in [3.8, 4) is 0 Å². The van der Waals surface area contributed by atoms with Gasteiger partial charge in [0.15, 0.2) is 0 Å². The van der Waals surface area contributed by atoms with Gasteiger partial charge in [-0.15, -0.1) is 0 Å². The van der Waals surface area contributed by atoms with Gasteiger partial charge in [-0.25, -0.2) is 0 Å². The highest BCUT2D eigenvalue weighted by atomic mass is 32.2. The number of anilines is 8. The Labute approximate surface area is 344 Å². The van der Waals surface area contributed by atoms with Crippen molar-refractivity contribution in [1.82, 2.24) is 0 Å². The van der Waals surface area contributed by atoms with E-state index in [1.807, 2.05) is 11.8 Å². The van der Waals surface area contributed by atoms with Gasteiger partial charge in [-0.2, -0.15) is 0 Å². The number of hydrogen-bond donors (Lipinski definition) is 0. The predicted octanol–water partition coefficient (Wildman–Crippen LogP) is 12.6. The zero-order chi connectivity index (χ0) is 39.2. The van der Waals surface area contributed by atoms with Crippen LogP contribution in [0.15, 0.2) is 131 Å². The topological polar surface area (TPSA) is 9.72 Å². The second-order valence-electron chi connectivity index (χ2n) is 19.7. The highest BCUT2D eigenvalue weighted by Gasteiger charge is 2.59. The molecule has 2 unspecified atom stereocenters. The number of fused-ring (bicyclic) bond motifs is 11. The zero-order valence-corrected chi connectivity index (χ0v) is 35.5. The maximum atomic E-state index is 2.79. The molecule has 6 aromatic carbocycles. The molecule has 11 rings (SSSR count). The second-order valence-corrected chi connectivity index (χ2v) is 20.8. The van der Waals surface area contributed by atoms with Crippen molar-refractivity contribution in [1.29, 1.82) is 0 Å². The van der Waals surface area contributed by atoms with E-state index in [0.717, 1.165) is 0 Å². The SMILES string of the molecule is CC(C)(C)c1ccc(N2c3ccc(C(C)(C)C)cc3B3c4cc5c6cc4N(c4ccccc4Sc4ccccc4N6C4(C)CCCCC54C)c4cccc2c43)cc1. The van der Waals surface area contributed by atoms with Crippen molar-refractivity contribution in [2.45, 2.75) is 113 Å². The van der Waals surface area contributed by atoms with E-state index in [4.69, 9.17) is 0 Å². The Balaban J connectivity index is 1.26. The Morgan fingerprint density at radius 3 is 1.84 bits per heavy atom. The van der Waals surface area contributed by atoms with Crippen LogP contribution in [0, 0.1) is 0 Å². The molecule has 4 heterocycles. The first kappa shape index (κ1) is 35.3. The van der Waals surface area contributed by atoms with Gasteiger partial charge in [0.25, 0.3) is 6.71 Å². The van der Waals surface area contributed by atoms with Gasteiger partial charge in [0.05, 0.1) is 16.9 Å². The summed E-state index contributed by atoms with van der Waals surface area (Å²) in [6, 6.07) is 47.4. The van der Waals surface area contributed by atoms with Crippen molar-refractivity contribution < 1.29 is 0 Å². The Hall–Kier alpha value is -4.87. The molecule has 4 aliphatic heterocycles. The van der Waals surface area contributed by atoms with Gasteiger partial charge >= 0.3 is 0 Å². The summed E-state index contributed by atoms with van der Waals surface area (Å²) in [5.74, 6) is 0. The van der Waals surface area contributed by atoms with Crippen LogP contribution < -0.4 is 31.1 Å². The standard InChI is InChI=1S/C52H52BN3S/c1-49(2,3)33-22-25-35(26-23-33)54-39-27-24-34(50(4,5)6)30-37(39)53-38-31-36-44-32-45(38)55(43-19-15-18-42(54)48(43)53)40-16-9-11-20-46(40)57-47-21-12-10-17-41(47)56(44)52(8)29-14-13-28-51(36,52)7/h9-12,15-27,30-32H,13-14,28-29H2,1-8H3. The molecule has 1 saturated carbocycles. The fraction of sp³-hybridized carbons (Fsp3) is 0.308. The average Bonchev–Trinajstić information content (AvgIpc) is 3.39. The van der Waals surface area contributed by atoms with Crippen molar-refractivity contribution in [2.24, 2.45) is 0 Å². The van der Waals surface area contributed by atoms with Gasteiger partial charge in [0, 0.05) is 49.3 Å². The number of hydrogen-bond acceptors (Lipinski definition) is 4. The van der Waals surface area contributed by atoms with Crippen molar-refractivity contribution >= 4 is 80.4 Å². The minimum Gasteiger partial charge on any atom is -0.333 e. The van der Waals surface area contributed by atoms with Crippen molar-refractivity contribution in [3.63, 3.8) is 0 Å². The highest BCUT2D eigenvalue weighted by Crippen LogP contribution is 2.63. The molecule has 1 aliphatic carbocycles. The van der Waals surface area contributed by atoms with E-state index in [2.05, 4.69) is 191 Å². The molecule has 5 aliphatic rings. The van der Waals surface area contributed by atoms with E-state index in [1.54, 1.807) is 0 Å². The molecule has 0 aromatic heterocycles. The Bertz CT molecular complexity index is 2650. The summed E-state index contributed by atoms with van der Waals surface area (Å²) >= 11 is 1.93. The van der Waals surface area contributed by atoms with Gasteiger partial charge in [-0.05, 0) is 124 Å². The summed E-state index contributed by atoms with van der Waals surface area (Å²) in [5.41, 5.74) is 18.8. The number of nitrogens with zero attached hydrogens (tertiary/aromatic N) is 3. The fourth-order valence-electron chi connectivity index (χ4n) is 11.2. The fourth-order valence-corrected chi connectivity index (χ4v) is 12.3. The lowest BCUT2D eigenvalue weighted by molar-refractivity contribution is 0.194. The number of rotatable bonds is 1. The van der Waals surface area contributed by atoms with E-state index in [0.29, 0.717) is 0 Å². The number of benzene rings is 6. The van der Waals surface area contributed by atoms with Crippen LogP contribution >= 0.6 is 11.8 Å². The normalized spacial score (nSPS) is 21.3. The van der Waals surface area contributed by atoms with E-state index in [9.17, 15) is 0 Å². The first-order valence-corrected chi connectivity index (χ1v) is 21.9. The first-order valence-electron chi connectivity index (χ1n) is 21.1. The van der Waals surface area contributed by atoms with Crippen LogP contribution in [0.25, 0.3) is 0 Å². The van der Waals surface area contributed by atoms with E-state index in [1.165, 1.54) is 114 Å². The molecule has 3 nitrogen and oxygen atoms in total. The van der Waals surface area contributed by atoms with Crippen molar-refractivity contribution in [2.75, 3.05) is 14.7 Å². The molecular formula is C52H52BN3S. The van der Waals surface area contributed by atoms with Crippen molar-refractivity contribution in [3.05, 3.63) is 138 Å². The lowest BCUT2D eigenvalue weighted by atomic mass is 9.33. The lowest BCUT2D eigenvalue weighted by Gasteiger charge is -2.50. The van der Waals surface area contributed by atoms with E-state index < -0.39 is 0 Å². The molecule has 57 heavy (non-hydrogen) atoms. The highest BCUT2D eigenvalue weighted by molar-refractivity contribution is 7.99. The third-order valence-corrected chi connectivity index (χ3v) is 15.6. The third kappa shape index (κ3) is 4.81. The summed E-state index contributed by atoms with van der Waals surface area (Å²) in [6.45, 7) is 19.2. The maximum absolute atomic E-state index is 2.79. The molecule has 0 spiro atoms. The van der Waals surface area contributed by atoms with Crippen LogP contribution in [0.5, 0.6) is 0 Å². The molecule has 284 valence electrons. The molecule has 0 radical (unpaired) electrons. The third-order valence-electron chi connectivity index (χ3n) is 14.5. The average molecular weight is 762 g/mol. The van der Waals surface area contributed by atoms with Crippen LogP contribution in [-0.2, 0) is 16.2 Å². The minimum absolute atomic E-state index is 0.00448. The zero-order valence-electron chi connectivity index (χ0n) is 34.7. The Kier molecular flexibility index (Phi) is 7.34. The summed E-state index contributed by atoms with van der Waals surface area (Å²) in [4.78, 5) is 10.6. The molecule has 0 saturated heterocycles. The van der Waals surface area contributed by atoms with Gasteiger partial charge in [-0.1, -0.05) is 134 Å². The quantitative estimate of drug-likeness (QED) is 0.154.